The monoisotopic (exact) mass is 274 g/mol. The van der Waals surface area contributed by atoms with Crippen molar-refractivity contribution in [2.24, 2.45) is 5.92 Å². The topological polar surface area (TPSA) is 9.23 Å². The average molecular weight is 274 g/mol. The number of fused-ring (bicyclic) bond motifs is 2. The Morgan fingerprint density at radius 2 is 1.38 bits per heavy atom. The van der Waals surface area contributed by atoms with Crippen LogP contribution >= 0.6 is 0 Å². The van der Waals surface area contributed by atoms with Gasteiger partial charge in [0.15, 0.2) is 0 Å². The van der Waals surface area contributed by atoms with Crippen LogP contribution in [-0.2, 0) is 4.74 Å². The van der Waals surface area contributed by atoms with Gasteiger partial charge in [-0.3, -0.25) is 0 Å². The summed E-state index contributed by atoms with van der Waals surface area (Å²) >= 11 is 0. The zero-order valence-electron chi connectivity index (χ0n) is 11.9. The van der Waals surface area contributed by atoms with Crippen molar-refractivity contribution >= 4 is 5.57 Å². The smallest absolute Gasteiger partial charge is 0.116 e. The Hall–Kier alpha value is -2.28. The molecule has 0 spiro atoms. The van der Waals surface area contributed by atoms with Crippen LogP contribution in [0.3, 0.4) is 0 Å². The number of rotatable bonds is 2. The summed E-state index contributed by atoms with van der Waals surface area (Å²) in [6.07, 6.45) is 7.12. The highest BCUT2D eigenvalue weighted by atomic mass is 16.5. The standard InChI is InChI=1S/C20H18O/c1-3-7-15(8-4-1)19(16-9-5-2-6-10-16)20-17-11-13-18(21-20)14-12-17/h1-11,13,17-18H,12,14H2. The summed E-state index contributed by atoms with van der Waals surface area (Å²) in [5, 5.41) is 0. The van der Waals surface area contributed by atoms with Gasteiger partial charge in [-0.1, -0.05) is 66.7 Å². The zero-order chi connectivity index (χ0) is 14.1. The minimum absolute atomic E-state index is 0.257. The molecule has 2 heterocycles. The van der Waals surface area contributed by atoms with E-state index in [0.717, 1.165) is 12.2 Å². The Morgan fingerprint density at radius 1 is 0.762 bits per heavy atom. The van der Waals surface area contributed by atoms with Crippen molar-refractivity contribution in [2.45, 2.75) is 18.9 Å². The van der Waals surface area contributed by atoms with Crippen LogP contribution in [0.1, 0.15) is 24.0 Å². The van der Waals surface area contributed by atoms with Gasteiger partial charge in [-0.25, -0.2) is 0 Å². The van der Waals surface area contributed by atoms with E-state index in [1.165, 1.54) is 23.1 Å². The molecule has 1 heteroatoms. The molecular formula is C20H18O. The summed E-state index contributed by atoms with van der Waals surface area (Å²) in [5.41, 5.74) is 3.72. The number of benzene rings is 2. The average Bonchev–Trinajstić information content (AvgIpc) is 2.58. The maximum absolute atomic E-state index is 6.25. The maximum Gasteiger partial charge on any atom is 0.116 e. The first-order valence-electron chi connectivity index (χ1n) is 7.62. The van der Waals surface area contributed by atoms with Crippen LogP contribution in [0.25, 0.3) is 5.57 Å². The molecular weight excluding hydrogens is 256 g/mol. The largest absolute Gasteiger partial charge is 0.489 e. The molecule has 2 aromatic carbocycles. The van der Waals surface area contributed by atoms with Crippen molar-refractivity contribution in [1.82, 2.24) is 0 Å². The van der Waals surface area contributed by atoms with Gasteiger partial charge < -0.3 is 4.74 Å². The van der Waals surface area contributed by atoms with Crippen LogP contribution < -0.4 is 0 Å². The molecule has 2 aliphatic heterocycles. The molecule has 1 nitrogen and oxygen atoms in total. The van der Waals surface area contributed by atoms with E-state index >= 15 is 0 Å². The van der Waals surface area contributed by atoms with E-state index in [-0.39, 0.29) is 6.10 Å². The predicted molar refractivity (Wildman–Crippen MR) is 85.6 cm³/mol. The second-order valence-corrected chi connectivity index (χ2v) is 5.70. The minimum Gasteiger partial charge on any atom is -0.489 e. The maximum atomic E-state index is 6.25. The predicted octanol–water partition coefficient (Wildman–Crippen LogP) is 4.81. The van der Waals surface area contributed by atoms with E-state index in [4.69, 9.17) is 4.74 Å². The Bertz CT molecular complexity index is 641. The highest BCUT2D eigenvalue weighted by Gasteiger charge is 2.31. The first-order chi connectivity index (χ1) is 10.4. The van der Waals surface area contributed by atoms with E-state index in [1.807, 2.05) is 0 Å². The SMILES string of the molecule is C1=CC2CCC1OC2=C(c1ccccc1)c1ccccc1. The molecule has 2 unspecified atom stereocenters. The Kier molecular flexibility index (Phi) is 3.11. The number of hydrogen-bond acceptors (Lipinski definition) is 1. The van der Waals surface area contributed by atoms with Crippen molar-refractivity contribution in [1.29, 1.82) is 0 Å². The summed E-state index contributed by atoms with van der Waals surface area (Å²) in [6, 6.07) is 21.2. The number of hydrogen-bond donors (Lipinski definition) is 0. The summed E-state index contributed by atoms with van der Waals surface area (Å²) in [6.45, 7) is 0. The van der Waals surface area contributed by atoms with Gasteiger partial charge in [0.05, 0.1) is 0 Å². The van der Waals surface area contributed by atoms with Gasteiger partial charge in [0.2, 0.25) is 0 Å². The fraction of sp³-hybridized carbons (Fsp3) is 0.200. The van der Waals surface area contributed by atoms with E-state index < -0.39 is 0 Å². The quantitative estimate of drug-likeness (QED) is 0.714. The fourth-order valence-electron chi connectivity index (χ4n) is 3.27. The third-order valence-corrected chi connectivity index (χ3v) is 4.31. The Balaban J connectivity index is 1.91. The van der Waals surface area contributed by atoms with E-state index in [9.17, 15) is 0 Å². The van der Waals surface area contributed by atoms with E-state index in [1.54, 1.807) is 0 Å². The summed E-state index contributed by atoms with van der Waals surface area (Å²) in [5.74, 6) is 1.57. The normalized spacial score (nSPS) is 23.0. The first kappa shape index (κ1) is 12.5. The third kappa shape index (κ3) is 2.29. The van der Waals surface area contributed by atoms with Crippen LogP contribution in [0.15, 0.2) is 78.6 Å². The highest BCUT2D eigenvalue weighted by Crippen LogP contribution is 2.41. The van der Waals surface area contributed by atoms with Gasteiger partial charge in [0, 0.05) is 11.5 Å². The molecule has 0 N–H and O–H groups in total. The van der Waals surface area contributed by atoms with Crippen molar-refractivity contribution in [3.05, 3.63) is 89.7 Å². The number of allylic oxidation sites excluding steroid dienone is 1. The molecule has 0 amide bonds. The lowest BCUT2D eigenvalue weighted by Gasteiger charge is -2.35. The second-order valence-electron chi connectivity index (χ2n) is 5.70. The lowest BCUT2D eigenvalue weighted by Crippen LogP contribution is -2.27. The molecule has 0 radical (unpaired) electrons. The van der Waals surface area contributed by atoms with Crippen LogP contribution in [0.4, 0.5) is 0 Å². The molecule has 104 valence electrons. The van der Waals surface area contributed by atoms with Crippen LogP contribution in [0, 0.1) is 5.92 Å². The number of ether oxygens (including phenoxy) is 1. The molecule has 3 aliphatic rings. The van der Waals surface area contributed by atoms with Crippen molar-refractivity contribution in [2.75, 3.05) is 0 Å². The Morgan fingerprint density at radius 3 is 1.81 bits per heavy atom. The molecule has 2 bridgehead atoms. The summed E-state index contributed by atoms with van der Waals surface area (Å²) in [7, 11) is 0. The van der Waals surface area contributed by atoms with Crippen LogP contribution in [-0.4, -0.2) is 6.10 Å². The lowest BCUT2D eigenvalue weighted by atomic mass is 9.84. The van der Waals surface area contributed by atoms with Crippen molar-refractivity contribution in [3.63, 3.8) is 0 Å². The van der Waals surface area contributed by atoms with Crippen molar-refractivity contribution < 1.29 is 4.74 Å². The van der Waals surface area contributed by atoms with Gasteiger partial charge >= 0.3 is 0 Å². The summed E-state index contributed by atoms with van der Waals surface area (Å²) in [4.78, 5) is 0. The van der Waals surface area contributed by atoms with Gasteiger partial charge in [-0.2, -0.15) is 0 Å². The highest BCUT2D eigenvalue weighted by molar-refractivity contribution is 5.81. The minimum atomic E-state index is 0.257. The van der Waals surface area contributed by atoms with Gasteiger partial charge in [0.25, 0.3) is 0 Å². The fourth-order valence-corrected chi connectivity index (χ4v) is 3.27. The molecule has 2 atom stereocenters. The zero-order valence-corrected chi connectivity index (χ0v) is 11.9. The second kappa shape index (κ2) is 5.25. The van der Waals surface area contributed by atoms with Gasteiger partial charge in [0.1, 0.15) is 11.9 Å². The van der Waals surface area contributed by atoms with Crippen LogP contribution in [0.2, 0.25) is 0 Å². The molecule has 1 saturated heterocycles. The van der Waals surface area contributed by atoms with Gasteiger partial charge in [-0.15, -0.1) is 0 Å². The van der Waals surface area contributed by atoms with E-state index in [2.05, 4.69) is 72.8 Å². The third-order valence-electron chi connectivity index (χ3n) is 4.31. The van der Waals surface area contributed by atoms with Crippen molar-refractivity contribution in [3.8, 4) is 0 Å². The first-order valence-corrected chi connectivity index (χ1v) is 7.62. The summed E-state index contributed by atoms with van der Waals surface area (Å²) < 4.78 is 6.25. The molecule has 1 fully saturated rings. The molecule has 2 aromatic rings. The van der Waals surface area contributed by atoms with E-state index in [0.29, 0.717) is 5.92 Å². The van der Waals surface area contributed by atoms with Crippen LogP contribution in [0.5, 0.6) is 0 Å². The molecule has 5 rings (SSSR count). The molecule has 21 heavy (non-hydrogen) atoms. The molecule has 0 saturated carbocycles. The molecule has 0 aromatic heterocycles. The molecule has 1 aliphatic carbocycles. The van der Waals surface area contributed by atoms with Gasteiger partial charge in [-0.05, 0) is 30.0 Å². The Labute approximate surface area is 125 Å². The lowest BCUT2D eigenvalue weighted by molar-refractivity contribution is 0.0780.